The molecule has 0 spiro atoms. The highest BCUT2D eigenvalue weighted by Gasteiger charge is 2.53. The van der Waals surface area contributed by atoms with Gasteiger partial charge in [-0.3, -0.25) is 19.3 Å². The van der Waals surface area contributed by atoms with E-state index in [1.54, 1.807) is 11.8 Å². The van der Waals surface area contributed by atoms with Gasteiger partial charge in [0.05, 0.1) is 6.54 Å². The summed E-state index contributed by atoms with van der Waals surface area (Å²) in [6, 6.07) is 1.02. The van der Waals surface area contributed by atoms with Gasteiger partial charge in [-0.2, -0.15) is 11.3 Å². The summed E-state index contributed by atoms with van der Waals surface area (Å²) < 4.78 is 0. The number of carbonyl (C=O) groups excluding carboxylic acids is 4. The number of carbonyl (C=O) groups is 4. The van der Waals surface area contributed by atoms with E-state index in [2.05, 4.69) is 10.6 Å². The number of nitrogens with one attached hydrogen (secondary N) is 2. The summed E-state index contributed by atoms with van der Waals surface area (Å²) in [5.74, 6) is -0.272. The molecule has 3 heterocycles. The van der Waals surface area contributed by atoms with Gasteiger partial charge < -0.3 is 15.5 Å². The Morgan fingerprint density at radius 3 is 2.52 bits per heavy atom. The first kappa shape index (κ1) is 23.2. The molecule has 1 aromatic heterocycles. The van der Waals surface area contributed by atoms with Gasteiger partial charge in [0, 0.05) is 20.0 Å². The van der Waals surface area contributed by atoms with Gasteiger partial charge in [-0.25, -0.2) is 4.79 Å². The fourth-order valence-electron chi connectivity index (χ4n) is 4.54. The summed E-state index contributed by atoms with van der Waals surface area (Å²) >= 11 is 1.53. The SMILES string of the molecule is CC(=O)N[C@@H](CC(C)C)C(=O)N1CCC([C@@]2(C)NC(=O)N(Cc3ccsc3)C2=O)CC1. The van der Waals surface area contributed by atoms with Crippen molar-refractivity contribution in [3.8, 4) is 0 Å². The minimum Gasteiger partial charge on any atom is -0.345 e. The normalized spacial score (nSPS) is 23.3. The second kappa shape index (κ2) is 9.38. The lowest BCUT2D eigenvalue weighted by molar-refractivity contribution is -0.139. The van der Waals surface area contributed by atoms with Crippen molar-refractivity contribution in [2.24, 2.45) is 11.8 Å². The quantitative estimate of drug-likeness (QED) is 0.626. The Hall–Kier alpha value is -2.42. The van der Waals surface area contributed by atoms with Crippen LogP contribution in [-0.2, 0) is 20.9 Å². The lowest BCUT2D eigenvalue weighted by Crippen LogP contribution is -2.56. The van der Waals surface area contributed by atoms with E-state index in [9.17, 15) is 19.2 Å². The lowest BCUT2D eigenvalue weighted by Gasteiger charge is -2.40. The van der Waals surface area contributed by atoms with Crippen LogP contribution < -0.4 is 10.6 Å². The molecule has 2 saturated heterocycles. The standard InChI is InChI=1S/C22H32N4O4S/c1-14(2)11-18(23-15(3)27)19(28)25-8-5-17(6-9-25)22(4)20(29)26(21(30)24-22)12-16-7-10-31-13-16/h7,10,13-14,17-18H,5-6,8-9,11-12H2,1-4H3,(H,23,27)(H,24,30)/t18-,22+/m0/s1. The molecule has 8 nitrogen and oxygen atoms in total. The van der Waals surface area contributed by atoms with Gasteiger partial charge >= 0.3 is 6.03 Å². The summed E-state index contributed by atoms with van der Waals surface area (Å²) in [5, 5.41) is 9.54. The fraction of sp³-hybridized carbons (Fsp3) is 0.636. The summed E-state index contributed by atoms with van der Waals surface area (Å²) in [6.45, 7) is 8.53. The van der Waals surface area contributed by atoms with Crippen molar-refractivity contribution in [3.05, 3.63) is 22.4 Å². The van der Waals surface area contributed by atoms with Gasteiger partial charge in [0.1, 0.15) is 11.6 Å². The third kappa shape index (κ3) is 5.08. The van der Waals surface area contributed by atoms with Gasteiger partial charge in [-0.05, 0) is 60.4 Å². The number of urea groups is 1. The molecule has 0 bridgehead atoms. The molecular formula is C22H32N4O4S. The van der Waals surface area contributed by atoms with E-state index < -0.39 is 11.6 Å². The van der Waals surface area contributed by atoms with E-state index in [-0.39, 0.29) is 42.1 Å². The van der Waals surface area contributed by atoms with Gasteiger partial charge in [-0.15, -0.1) is 0 Å². The van der Waals surface area contributed by atoms with Crippen molar-refractivity contribution in [3.63, 3.8) is 0 Å². The van der Waals surface area contributed by atoms with E-state index in [0.29, 0.717) is 32.4 Å². The second-order valence-corrected chi connectivity index (χ2v) is 9.92. The topological polar surface area (TPSA) is 98.8 Å². The Morgan fingerprint density at radius 1 is 1.29 bits per heavy atom. The number of rotatable bonds is 7. The molecule has 5 amide bonds. The molecular weight excluding hydrogens is 416 g/mol. The van der Waals surface area contributed by atoms with Crippen molar-refractivity contribution in [2.45, 2.75) is 65.1 Å². The average molecular weight is 449 g/mol. The number of imide groups is 1. The van der Waals surface area contributed by atoms with Crippen molar-refractivity contribution in [1.82, 2.24) is 20.4 Å². The molecule has 1 aromatic rings. The number of hydrogen-bond acceptors (Lipinski definition) is 5. The summed E-state index contributed by atoms with van der Waals surface area (Å²) in [6.07, 6.45) is 1.83. The zero-order valence-corrected chi connectivity index (χ0v) is 19.5. The van der Waals surface area contributed by atoms with Crippen LogP contribution in [0.4, 0.5) is 4.79 Å². The van der Waals surface area contributed by atoms with Crippen LogP contribution in [0.1, 0.15) is 52.5 Å². The first-order chi connectivity index (χ1) is 14.6. The third-order valence-corrected chi connectivity index (χ3v) is 6.96. The molecule has 2 aliphatic rings. The van der Waals surface area contributed by atoms with Crippen LogP contribution in [0.5, 0.6) is 0 Å². The van der Waals surface area contributed by atoms with Crippen molar-refractivity contribution in [1.29, 1.82) is 0 Å². The number of hydrogen-bond donors (Lipinski definition) is 2. The van der Waals surface area contributed by atoms with E-state index >= 15 is 0 Å². The highest BCUT2D eigenvalue weighted by Crippen LogP contribution is 2.34. The van der Waals surface area contributed by atoms with Crippen LogP contribution in [0, 0.1) is 11.8 Å². The predicted octanol–water partition coefficient (Wildman–Crippen LogP) is 2.35. The maximum Gasteiger partial charge on any atom is 0.325 e. The maximum atomic E-state index is 13.1. The zero-order valence-electron chi connectivity index (χ0n) is 18.6. The number of likely N-dealkylation sites (tertiary alicyclic amines) is 1. The number of thiophene rings is 1. The van der Waals surface area contributed by atoms with E-state index in [1.807, 2.05) is 30.7 Å². The van der Waals surface area contributed by atoms with Gasteiger partial charge in [0.2, 0.25) is 11.8 Å². The minimum atomic E-state index is -0.961. The number of nitrogens with zero attached hydrogens (tertiary/aromatic N) is 2. The molecule has 9 heteroatoms. The average Bonchev–Trinajstić information content (AvgIpc) is 3.29. The third-order valence-electron chi connectivity index (χ3n) is 6.23. The summed E-state index contributed by atoms with van der Waals surface area (Å²) in [4.78, 5) is 53.3. The molecule has 2 N–H and O–H groups in total. The van der Waals surface area contributed by atoms with Crippen LogP contribution in [0.15, 0.2) is 16.8 Å². The highest BCUT2D eigenvalue weighted by atomic mass is 32.1. The summed E-state index contributed by atoms with van der Waals surface area (Å²) in [7, 11) is 0. The largest absolute Gasteiger partial charge is 0.345 e. The van der Waals surface area contributed by atoms with Gasteiger partial charge in [0.15, 0.2) is 0 Å². The molecule has 0 aliphatic carbocycles. The number of amides is 5. The minimum absolute atomic E-state index is 0.0511. The molecule has 2 aliphatic heterocycles. The number of piperidine rings is 1. The zero-order chi connectivity index (χ0) is 22.8. The first-order valence-corrected chi connectivity index (χ1v) is 11.8. The molecule has 0 aromatic carbocycles. The van der Waals surface area contributed by atoms with Crippen LogP contribution in [-0.4, -0.2) is 58.2 Å². The summed E-state index contributed by atoms with van der Waals surface area (Å²) in [5.41, 5.74) is -0.0238. The molecule has 2 fully saturated rings. The van der Waals surface area contributed by atoms with Crippen LogP contribution in [0.3, 0.4) is 0 Å². The van der Waals surface area contributed by atoms with Crippen LogP contribution >= 0.6 is 11.3 Å². The Labute approximate surface area is 187 Å². The Balaban J connectivity index is 1.63. The smallest absolute Gasteiger partial charge is 0.325 e. The Kier molecular flexibility index (Phi) is 7.03. The van der Waals surface area contributed by atoms with Crippen LogP contribution in [0.2, 0.25) is 0 Å². The highest BCUT2D eigenvalue weighted by molar-refractivity contribution is 7.07. The lowest BCUT2D eigenvalue weighted by atomic mass is 9.78. The molecule has 170 valence electrons. The molecule has 0 unspecified atom stereocenters. The fourth-order valence-corrected chi connectivity index (χ4v) is 5.20. The van der Waals surface area contributed by atoms with Gasteiger partial charge in [0.25, 0.3) is 5.91 Å². The Morgan fingerprint density at radius 2 is 1.97 bits per heavy atom. The van der Waals surface area contributed by atoms with E-state index in [1.165, 1.54) is 23.2 Å². The van der Waals surface area contributed by atoms with E-state index in [4.69, 9.17) is 0 Å². The van der Waals surface area contributed by atoms with Crippen molar-refractivity contribution >= 4 is 35.1 Å². The maximum absolute atomic E-state index is 13.1. The van der Waals surface area contributed by atoms with Gasteiger partial charge in [-0.1, -0.05) is 13.8 Å². The molecule has 0 saturated carbocycles. The predicted molar refractivity (Wildman–Crippen MR) is 118 cm³/mol. The monoisotopic (exact) mass is 448 g/mol. The van der Waals surface area contributed by atoms with Crippen LogP contribution in [0.25, 0.3) is 0 Å². The second-order valence-electron chi connectivity index (χ2n) is 9.14. The van der Waals surface area contributed by atoms with Crippen molar-refractivity contribution < 1.29 is 19.2 Å². The molecule has 0 radical (unpaired) electrons. The Bertz CT molecular complexity index is 833. The molecule has 31 heavy (non-hydrogen) atoms. The first-order valence-electron chi connectivity index (χ1n) is 10.8. The molecule has 2 atom stereocenters. The molecule has 3 rings (SSSR count). The van der Waals surface area contributed by atoms with E-state index in [0.717, 1.165) is 5.56 Å². The van der Waals surface area contributed by atoms with Crippen molar-refractivity contribution in [2.75, 3.05) is 13.1 Å².